The van der Waals surface area contributed by atoms with Crippen LogP contribution < -0.4 is 0 Å². The van der Waals surface area contributed by atoms with Crippen LogP contribution in [-0.2, 0) is 12.4 Å². The van der Waals surface area contributed by atoms with Gasteiger partial charge in [0.05, 0.1) is 11.1 Å². The standard InChI is InChI=1S/C12H6F6S/c13-11(14,15)7-3-4-8(10-2-1-5-19-10)9(6-7)12(16,17)18/h1-6H. The zero-order chi connectivity index (χ0) is 14.3. The highest BCUT2D eigenvalue weighted by Crippen LogP contribution is 2.41. The molecule has 2 aromatic rings. The summed E-state index contributed by atoms with van der Waals surface area (Å²) in [5, 5.41) is 1.56. The number of hydrogen-bond acceptors (Lipinski definition) is 1. The zero-order valence-electron chi connectivity index (χ0n) is 9.14. The predicted octanol–water partition coefficient (Wildman–Crippen LogP) is 5.45. The highest BCUT2D eigenvalue weighted by molar-refractivity contribution is 7.13. The Morgan fingerprint density at radius 1 is 0.842 bits per heavy atom. The molecule has 0 nitrogen and oxygen atoms in total. The third-order valence-corrected chi connectivity index (χ3v) is 3.34. The molecule has 1 heterocycles. The lowest BCUT2D eigenvalue weighted by Crippen LogP contribution is -2.11. The van der Waals surface area contributed by atoms with Crippen molar-refractivity contribution in [2.75, 3.05) is 0 Å². The van der Waals surface area contributed by atoms with Crippen molar-refractivity contribution < 1.29 is 26.3 Å². The van der Waals surface area contributed by atoms with Gasteiger partial charge in [0.1, 0.15) is 0 Å². The Morgan fingerprint density at radius 3 is 2.00 bits per heavy atom. The fraction of sp³-hybridized carbons (Fsp3) is 0.167. The van der Waals surface area contributed by atoms with E-state index in [0.717, 1.165) is 17.4 Å². The molecule has 0 unspecified atom stereocenters. The smallest absolute Gasteiger partial charge is 0.166 e. The Kier molecular flexibility index (Phi) is 3.34. The first-order valence-electron chi connectivity index (χ1n) is 5.02. The summed E-state index contributed by atoms with van der Waals surface area (Å²) in [4.78, 5) is 0.279. The Bertz CT molecular complexity index is 565. The SMILES string of the molecule is FC(F)(F)c1ccc(-c2cccs2)c(C(F)(F)F)c1. The number of rotatable bonds is 1. The van der Waals surface area contributed by atoms with Crippen molar-refractivity contribution in [2.24, 2.45) is 0 Å². The molecule has 7 heteroatoms. The summed E-state index contributed by atoms with van der Waals surface area (Å²) in [5.74, 6) is 0. The van der Waals surface area contributed by atoms with Crippen LogP contribution in [0.3, 0.4) is 0 Å². The van der Waals surface area contributed by atoms with Crippen LogP contribution in [0.2, 0.25) is 0 Å². The number of hydrogen-bond donors (Lipinski definition) is 0. The molecule has 102 valence electrons. The van der Waals surface area contributed by atoms with Gasteiger partial charge in [-0.3, -0.25) is 0 Å². The molecule has 0 atom stereocenters. The van der Waals surface area contributed by atoms with Gasteiger partial charge in [0.25, 0.3) is 0 Å². The average Bonchev–Trinajstić information content (AvgIpc) is 2.79. The largest absolute Gasteiger partial charge is 0.417 e. The molecule has 0 amide bonds. The fourth-order valence-electron chi connectivity index (χ4n) is 1.60. The zero-order valence-corrected chi connectivity index (χ0v) is 9.96. The monoisotopic (exact) mass is 296 g/mol. The van der Waals surface area contributed by atoms with Gasteiger partial charge in [-0.1, -0.05) is 12.1 Å². The van der Waals surface area contributed by atoms with E-state index >= 15 is 0 Å². The van der Waals surface area contributed by atoms with E-state index in [1.54, 1.807) is 5.38 Å². The molecule has 1 aromatic heterocycles. The minimum absolute atomic E-state index is 0.148. The number of benzene rings is 1. The summed E-state index contributed by atoms with van der Waals surface area (Å²) in [6.45, 7) is 0. The lowest BCUT2D eigenvalue weighted by atomic mass is 10.0. The molecule has 0 saturated heterocycles. The van der Waals surface area contributed by atoms with Gasteiger partial charge in [-0.25, -0.2) is 0 Å². The third kappa shape index (κ3) is 2.91. The van der Waals surface area contributed by atoms with Crippen molar-refractivity contribution in [3.63, 3.8) is 0 Å². The molecule has 0 radical (unpaired) electrons. The normalized spacial score (nSPS) is 12.7. The second-order valence-corrected chi connectivity index (χ2v) is 4.68. The first kappa shape index (κ1) is 13.9. The van der Waals surface area contributed by atoms with Crippen molar-refractivity contribution in [1.82, 2.24) is 0 Å². The van der Waals surface area contributed by atoms with Gasteiger partial charge in [0, 0.05) is 10.4 Å². The summed E-state index contributed by atoms with van der Waals surface area (Å²) in [7, 11) is 0. The van der Waals surface area contributed by atoms with Crippen LogP contribution in [0.15, 0.2) is 35.7 Å². The van der Waals surface area contributed by atoms with Crippen LogP contribution in [0, 0.1) is 0 Å². The Labute approximate surface area is 108 Å². The maximum absolute atomic E-state index is 12.8. The van der Waals surface area contributed by atoms with Crippen molar-refractivity contribution in [1.29, 1.82) is 0 Å². The van der Waals surface area contributed by atoms with Crippen LogP contribution in [0.1, 0.15) is 11.1 Å². The molecular weight excluding hydrogens is 290 g/mol. The maximum atomic E-state index is 12.8. The van der Waals surface area contributed by atoms with Crippen LogP contribution in [0.25, 0.3) is 10.4 Å². The summed E-state index contributed by atoms with van der Waals surface area (Å²) in [5.41, 5.74) is -2.82. The Hall–Kier alpha value is -1.50. The van der Waals surface area contributed by atoms with Crippen LogP contribution in [0.5, 0.6) is 0 Å². The first-order valence-corrected chi connectivity index (χ1v) is 5.90. The van der Waals surface area contributed by atoms with Crippen LogP contribution in [-0.4, -0.2) is 0 Å². The van der Waals surface area contributed by atoms with Crippen molar-refractivity contribution >= 4 is 11.3 Å². The summed E-state index contributed by atoms with van der Waals surface area (Å²) in [6, 6.07) is 4.64. The molecule has 0 fully saturated rings. The summed E-state index contributed by atoms with van der Waals surface area (Å²) < 4.78 is 75.9. The van der Waals surface area contributed by atoms with E-state index in [1.807, 2.05) is 0 Å². The molecule has 2 rings (SSSR count). The van der Waals surface area contributed by atoms with E-state index in [0.29, 0.717) is 6.07 Å². The lowest BCUT2D eigenvalue weighted by Gasteiger charge is -2.15. The van der Waals surface area contributed by atoms with Crippen LogP contribution >= 0.6 is 11.3 Å². The van der Waals surface area contributed by atoms with Gasteiger partial charge >= 0.3 is 12.4 Å². The van der Waals surface area contributed by atoms with E-state index in [1.165, 1.54) is 12.1 Å². The average molecular weight is 296 g/mol. The number of alkyl halides is 6. The van der Waals surface area contributed by atoms with E-state index in [4.69, 9.17) is 0 Å². The highest BCUT2D eigenvalue weighted by atomic mass is 32.1. The van der Waals surface area contributed by atoms with Crippen molar-refractivity contribution in [2.45, 2.75) is 12.4 Å². The number of thiophene rings is 1. The predicted molar refractivity (Wildman–Crippen MR) is 59.8 cm³/mol. The maximum Gasteiger partial charge on any atom is 0.417 e. The molecule has 0 aliphatic rings. The first-order chi connectivity index (χ1) is 8.69. The molecule has 0 spiro atoms. The molecule has 19 heavy (non-hydrogen) atoms. The highest BCUT2D eigenvalue weighted by Gasteiger charge is 2.38. The van der Waals surface area contributed by atoms with E-state index in [9.17, 15) is 26.3 Å². The van der Waals surface area contributed by atoms with E-state index < -0.39 is 23.5 Å². The molecule has 0 aliphatic heterocycles. The van der Waals surface area contributed by atoms with E-state index in [-0.39, 0.29) is 16.5 Å². The van der Waals surface area contributed by atoms with Gasteiger partial charge in [-0.2, -0.15) is 26.3 Å². The second-order valence-electron chi connectivity index (χ2n) is 3.73. The quantitative estimate of drug-likeness (QED) is 0.614. The molecule has 0 N–H and O–H groups in total. The second kappa shape index (κ2) is 4.56. The summed E-state index contributed by atoms with van der Waals surface area (Å²) >= 11 is 1.04. The Morgan fingerprint density at radius 2 is 1.53 bits per heavy atom. The molecule has 0 aliphatic carbocycles. The minimum atomic E-state index is -4.83. The molecule has 0 saturated carbocycles. The van der Waals surface area contributed by atoms with E-state index in [2.05, 4.69) is 0 Å². The van der Waals surface area contributed by atoms with Gasteiger partial charge in [-0.05, 0) is 23.6 Å². The number of halogens is 6. The third-order valence-electron chi connectivity index (χ3n) is 2.44. The van der Waals surface area contributed by atoms with Gasteiger partial charge in [0.2, 0.25) is 0 Å². The molecular formula is C12H6F6S. The van der Waals surface area contributed by atoms with Gasteiger partial charge in [0.15, 0.2) is 0 Å². The lowest BCUT2D eigenvalue weighted by molar-refractivity contribution is -0.142. The minimum Gasteiger partial charge on any atom is -0.166 e. The molecule has 0 bridgehead atoms. The Balaban J connectivity index is 2.63. The van der Waals surface area contributed by atoms with Crippen LogP contribution in [0.4, 0.5) is 26.3 Å². The summed E-state index contributed by atoms with van der Waals surface area (Å²) in [6.07, 6.45) is -9.63. The van der Waals surface area contributed by atoms with Crippen molar-refractivity contribution in [3.05, 3.63) is 46.8 Å². The molecule has 1 aromatic carbocycles. The van der Waals surface area contributed by atoms with Gasteiger partial charge in [-0.15, -0.1) is 11.3 Å². The fourth-order valence-corrected chi connectivity index (χ4v) is 2.37. The topological polar surface area (TPSA) is 0 Å². The van der Waals surface area contributed by atoms with Crippen molar-refractivity contribution in [3.8, 4) is 10.4 Å². The van der Waals surface area contributed by atoms with Gasteiger partial charge < -0.3 is 0 Å².